The van der Waals surface area contributed by atoms with Crippen LogP contribution >= 0.6 is 20.1 Å². The minimum absolute atomic E-state index is 0.917. The Balaban J connectivity index is 1.31. The molecule has 0 saturated carbocycles. The van der Waals surface area contributed by atoms with Crippen molar-refractivity contribution in [3.05, 3.63) is 182 Å². The highest BCUT2D eigenvalue weighted by molar-refractivity contribution is 8.32. The van der Waals surface area contributed by atoms with Crippen molar-refractivity contribution in [1.82, 2.24) is 9.13 Å². The van der Waals surface area contributed by atoms with E-state index in [1.54, 1.807) is 0 Å². The fourth-order valence-electron chi connectivity index (χ4n) is 8.63. The smallest absolute Gasteiger partial charge is 0.0541 e. The average Bonchev–Trinajstić information content (AvgIpc) is 3.76. The van der Waals surface area contributed by atoms with Gasteiger partial charge in [0, 0.05) is 32.9 Å². The maximum absolute atomic E-state index is 2.49. The van der Waals surface area contributed by atoms with Crippen molar-refractivity contribution in [2.45, 2.75) is 9.79 Å². The van der Waals surface area contributed by atoms with Gasteiger partial charge in [-0.2, -0.15) is 0 Å². The Kier molecular flexibility index (Phi) is 8.70. The minimum Gasteiger partial charge on any atom is -0.309 e. The van der Waals surface area contributed by atoms with Crippen molar-refractivity contribution in [2.24, 2.45) is 0 Å². The zero-order valence-electron chi connectivity index (χ0n) is 34.0. The van der Waals surface area contributed by atoms with Gasteiger partial charge in [-0.3, -0.25) is 0 Å². The van der Waals surface area contributed by atoms with E-state index >= 15 is 0 Å². The molecule has 4 heteroatoms. The molecule has 0 amide bonds. The van der Waals surface area contributed by atoms with Gasteiger partial charge in [0.05, 0.1) is 22.1 Å². The third-order valence-electron chi connectivity index (χ3n) is 11.6. The predicted octanol–water partition coefficient (Wildman–Crippen LogP) is 15.0. The number of rotatable bonds is 7. The van der Waals surface area contributed by atoms with Crippen molar-refractivity contribution >= 4 is 63.7 Å². The molecule has 58 heavy (non-hydrogen) atoms. The summed E-state index contributed by atoms with van der Waals surface area (Å²) in [4.78, 5) is 2.84. The van der Waals surface area contributed by atoms with Crippen molar-refractivity contribution in [2.75, 3.05) is 37.5 Å². The molecule has 10 rings (SSSR count). The van der Waals surface area contributed by atoms with Crippen LogP contribution in [0, 0.1) is 0 Å². The van der Waals surface area contributed by atoms with Crippen LogP contribution in [0.4, 0.5) is 0 Å². The molecular formula is C54H48N2S2. The number of hydrogen-bond acceptors (Lipinski definition) is 0. The van der Waals surface area contributed by atoms with Crippen LogP contribution < -0.4 is 0 Å². The van der Waals surface area contributed by atoms with Crippen LogP contribution in [0.5, 0.6) is 0 Å². The number of para-hydroxylation sites is 2. The lowest BCUT2D eigenvalue weighted by molar-refractivity contribution is 1.13. The van der Waals surface area contributed by atoms with E-state index < -0.39 is 20.1 Å². The number of nitrogens with zero attached hydrogens (tertiary/aromatic N) is 2. The number of hydrogen-bond donors (Lipinski definition) is 0. The molecule has 0 fully saturated rings. The fraction of sp³-hybridized carbons (Fsp3) is 0.111. The second-order valence-electron chi connectivity index (χ2n) is 17.0. The highest BCUT2D eigenvalue weighted by Gasteiger charge is 2.20. The highest BCUT2D eigenvalue weighted by atomic mass is 32.3. The monoisotopic (exact) mass is 788 g/mol. The molecule has 8 aromatic carbocycles. The second kappa shape index (κ2) is 13.9. The summed E-state index contributed by atoms with van der Waals surface area (Å²) in [5, 5.41) is 5.16. The number of benzene rings is 8. The van der Waals surface area contributed by atoms with E-state index in [1.165, 1.54) is 86.8 Å². The van der Waals surface area contributed by atoms with E-state index in [9.17, 15) is 0 Å². The van der Waals surface area contributed by atoms with Crippen LogP contribution in [0.2, 0.25) is 0 Å². The van der Waals surface area contributed by atoms with Crippen LogP contribution in [0.1, 0.15) is 0 Å². The highest BCUT2D eigenvalue weighted by Crippen LogP contribution is 2.49. The molecule has 0 spiro atoms. The lowest BCUT2D eigenvalue weighted by Gasteiger charge is -2.26. The van der Waals surface area contributed by atoms with Gasteiger partial charge in [0.2, 0.25) is 0 Å². The van der Waals surface area contributed by atoms with Crippen LogP contribution in [0.25, 0.3) is 88.4 Å². The Morgan fingerprint density at radius 1 is 0.276 bits per heavy atom. The van der Waals surface area contributed by atoms with Crippen molar-refractivity contribution in [1.29, 1.82) is 0 Å². The van der Waals surface area contributed by atoms with E-state index in [4.69, 9.17) is 0 Å². The average molecular weight is 789 g/mol. The molecule has 2 aromatic heterocycles. The first-order chi connectivity index (χ1) is 28.0. The summed E-state index contributed by atoms with van der Waals surface area (Å²) in [6.45, 7) is 0. The zero-order valence-corrected chi connectivity index (χ0v) is 35.7. The van der Waals surface area contributed by atoms with E-state index in [2.05, 4.69) is 229 Å². The quantitative estimate of drug-likeness (QED) is 0.152. The molecule has 0 bridgehead atoms. The summed E-state index contributed by atoms with van der Waals surface area (Å²) in [5.74, 6) is 0. The summed E-state index contributed by atoms with van der Waals surface area (Å²) < 4.78 is 4.99. The SMILES string of the molecule is CS(C)(C)c1ccc2c(c1)c1ccccc1n2-c1cc(-c2cc(-c3ccccc3)cc(-c3ccccc3)c2)cc(-n2c3ccccc3c3cc(S(C)(C)C)ccc32)c1. The van der Waals surface area contributed by atoms with Crippen LogP contribution in [0.15, 0.2) is 192 Å². The summed E-state index contributed by atoms with van der Waals surface area (Å²) >= 11 is 0. The fourth-order valence-corrected chi connectivity index (χ4v) is 10.5. The molecule has 10 aromatic rings. The Hall–Kier alpha value is -5.94. The molecule has 286 valence electrons. The molecule has 0 aliphatic heterocycles. The topological polar surface area (TPSA) is 9.86 Å². The predicted molar refractivity (Wildman–Crippen MR) is 259 cm³/mol. The first kappa shape index (κ1) is 36.4. The third kappa shape index (κ3) is 6.32. The third-order valence-corrected chi connectivity index (χ3v) is 14.9. The van der Waals surface area contributed by atoms with Gasteiger partial charge in [-0.25, -0.2) is 20.1 Å². The maximum Gasteiger partial charge on any atom is 0.0541 e. The minimum atomic E-state index is -0.917. The summed E-state index contributed by atoms with van der Waals surface area (Å²) in [7, 11) is -1.83. The normalized spacial score (nSPS) is 12.9. The van der Waals surface area contributed by atoms with Crippen molar-refractivity contribution in [3.63, 3.8) is 0 Å². The second-order valence-corrected chi connectivity index (χ2v) is 25.3. The van der Waals surface area contributed by atoms with Crippen molar-refractivity contribution in [3.8, 4) is 44.8 Å². The van der Waals surface area contributed by atoms with Crippen LogP contribution in [-0.4, -0.2) is 46.7 Å². The molecule has 0 aliphatic carbocycles. The molecule has 0 saturated heterocycles. The summed E-state index contributed by atoms with van der Waals surface area (Å²) in [6, 6.07) is 68.1. The summed E-state index contributed by atoms with van der Waals surface area (Å²) in [5.41, 5.74) is 14.3. The zero-order chi connectivity index (χ0) is 39.8. The number of aromatic nitrogens is 2. The first-order valence-electron chi connectivity index (χ1n) is 19.9. The lowest BCUT2D eigenvalue weighted by atomic mass is 9.93. The van der Waals surface area contributed by atoms with E-state index in [1.807, 2.05) is 0 Å². The van der Waals surface area contributed by atoms with Gasteiger partial charge in [-0.1, -0.05) is 97.1 Å². The van der Waals surface area contributed by atoms with E-state index in [-0.39, 0.29) is 0 Å². The maximum atomic E-state index is 2.49. The van der Waals surface area contributed by atoms with Crippen LogP contribution in [0.3, 0.4) is 0 Å². The van der Waals surface area contributed by atoms with Gasteiger partial charge >= 0.3 is 0 Å². The first-order valence-corrected chi connectivity index (χ1v) is 25.6. The van der Waals surface area contributed by atoms with E-state index in [0.29, 0.717) is 0 Å². The Labute approximate surface area is 345 Å². The van der Waals surface area contributed by atoms with Crippen LogP contribution in [-0.2, 0) is 0 Å². The Morgan fingerprint density at radius 3 is 1.03 bits per heavy atom. The van der Waals surface area contributed by atoms with Gasteiger partial charge in [0.25, 0.3) is 0 Å². The molecular weight excluding hydrogens is 741 g/mol. The van der Waals surface area contributed by atoms with Gasteiger partial charge in [0.1, 0.15) is 0 Å². The molecule has 2 heterocycles. The standard InChI is InChI=1S/C54H48N2S2/c1-57(2,3)45-25-27-53-49(35-45)47-21-13-15-23-51(47)55(53)43-32-42(41-30-39(37-17-9-7-10-18-37)29-40(31-41)38-19-11-8-12-20-38)33-44(34-43)56-52-24-16-14-22-48(52)50-36-46(58(4,5)6)26-28-54(50)56/h7-36H,1-6H3. The molecule has 0 atom stereocenters. The lowest BCUT2D eigenvalue weighted by Crippen LogP contribution is -2.01. The van der Waals surface area contributed by atoms with Gasteiger partial charge in [-0.15, -0.1) is 0 Å². The summed E-state index contributed by atoms with van der Waals surface area (Å²) in [6.07, 6.45) is 14.3. The molecule has 2 nitrogen and oxygen atoms in total. The van der Waals surface area contributed by atoms with Gasteiger partial charge in [-0.05, 0) is 166 Å². The van der Waals surface area contributed by atoms with E-state index in [0.717, 1.165) is 11.4 Å². The molecule has 0 radical (unpaired) electrons. The molecule has 0 unspecified atom stereocenters. The number of fused-ring (bicyclic) bond motifs is 6. The van der Waals surface area contributed by atoms with Crippen molar-refractivity contribution < 1.29 is 0 Å². The Morgan fingerprint density at radius 2 is 0.621 bits per heavy atom. The molecule has 0 aliphatic rings. The van der Waals surface area contributed by atoms with Gasteiger partial charge < -0.3 is 9.13 Å². The molecule has 0 N–H and O–H groups in total. The largest absolute Gasteiger partial charge is 0.309 e. The Bertz CT molecular complexity index is 2970. The van der Waals surface area contributed by atoms with Gasteiger partial charge in [0.15, 0.2) is 0 Å².